The predicted octanol–water partition coefficient (Wildman–Crippen LogP) is 4.36. The van der Waals surface area contributed by atoms with Crippen LogP contribution < -0.4 is 10.6 Å². The number of unbranched alkanes of at least 4 members (excludes halogenated alkanes) is 2. The molecule has 0 radical (unpaired) electrons. The number of halogens is 1. The zero-order valence-corrected chi connectivity index (χ0v) is 14.0. The lowest BCUT2D eigenvalue weighted by Crippen LogP contribution is -2.25. The quantitative estimate of drug-likeness (QED) is 0.719. The monoisotopic (exact) mass is 326 g/mol. The van der Waals surface area contributed by atoms with Crippen molar-refractivity contribution in [3.8, 4) is 0 Å². The third kappa shape index (κ3) is 5.53. The number of nitrogens with two attached hydrogens (primary N) is 1. The van der Waals surface area contributed by atoms with Crippen LogP contribution in [0.3, 0.4) is 0 Å². The van der Waals surface area contributed by atoms with Crippen LogP contribution in [-0.4, -0.2) is 19.6 Å². The Hall–Kier alpha value is -0.540. The van der Waals surface area contributed by atoms with E-state index in [0.717, 1.165) is 23.9 Å². The number of hydrogen-bond acceptors (Lipinski definition) is 2. The van der Waals surface area contributed by atoms with Gasteiger partial charge in [0.2, 0.25) is 0 Å². The van der Waals surface area contributed by atoms with Crippen LogP contribution in [0.2, 0.25) is 0 Å². The molecule has 2 nitrogen and oxygen atoms in total. The molecule has 19 heavy (non-hydrogen) atoms. The molecule has 0 aliphatic carbocycles. The molecule has 3 heteroatoms. The molecule has 0 spiro atoms. The Balaban J connectivity index is 2.80. The summed E-state index contributed by atoms with van der Waals surface area (Å²) in [6, 6.07) is 6.78. The van der Waals surface area contributed by atoms with Gasteiger partial charge in [-0.15, -0.1) is 0 Å². The van der Waals surface area contributed by atoms with Gasteiger partial charge in [0, 0.05) is 29.8 Å². The van der Waals surface area contributed by atoms with Gasteiger partial charge in [-0.3, -0.25) is 0 Å². The van der Waals surface area contributed by atoms with E-state index in [1.807, 2.05) is 0 Å². The maximum absolute atomic E-state index is 6.10. The summed E-state index contributed by atoms with van der Waals surface area (Å²) in [7, 11) is 2.18. The minimum absolute atomic E-state index is 0.254. The third-order valence-electron chi connectivity index (χ3n) is 3.56. The Bertz CT molecular complexity index is 379. The number of anilines is 1. The van der Waals surface area contributed by atoms with Gasteiger partial charge in [-0.05, 0) is 37.0 Å². The molecule has 0 amide bonds. The average Bonchev–Trinajstić information content (AvgIpc) is 2.40. The molecule has 1 aromatic carbocycles. The predicted molar refractivity (Wildman–Crippen MR) is 88.9 cm³/mol. The first-order valence-corrected chi connectivity index (χ1v) is 8.12. The third-order valence-corrected chi connectivity index (χ3v) is 4.06. The van der Waals surface area contributed by atoms with E-state index < -0.39 is 0 Å². The number of rotatable bonds is 8. The molecule has 0 aliphatic heterocycles. The number of hydrogen-bond donors (Lipinski definition) is 1. The lowest BCUT2D eigenvalue weighted by molar-refractivity contribution is 0.643. The molecule has 108 valence electrons. The lowest BCUT2D eigenvalue weighted by Gasteiger charge is -2.24. The number of benzene rings is 1. The normalized spacial score (nSPS) is 12.5. The summed E-state index contributed by atoms with van der Waals surface area (Å²) in [6.45, 7) is 5.50. The van der Waals surface area contributed by atoms with Gasteiger partial charge in [0.25, 0.3) is 0 Å². The highest BCUT2D eigenvalue weighted by atomic mass is 79.9. The van der Waals surface area contributed by atoms with Crippen LogP contribution in [0.5, 0.6) is 0 Å². The zero-order valence-electron chi connectivity index (χ0n) is 12.5. The molecule has 0 saturated heterocycles. The largest absolute Gasteiger partial charge is 0.374 e. The summed E-state index contributed by atoms with van der Waals surface area (Å²) in [6.07, 6.45) is 5.78. The van der Waals surface area contributed by atoms with Gasteiger partial charge in [-0.2, -0.15) is 0 Å². The molecule has 0 heterocycles. The lowest BCUT2D eigenvalue weighted by atomic mass is 10.0. The summed E-state index contributed by atoms with van der Waals surface area (Å²) >= 11 is 3.57. The Kier molecular flexibility index (Phi) is 7.47. The fourth-order valence-corrected chi connectivity index (χ4v) is 2.56. The van der Waals surface area contributed by atoms with Gasteiger partial charge in [-0.25, -0.2) is 0 Å². The van der Waals surface area contributed by atoms with Crippen molar-refractivity contribution >= 4 is 21.6 Å². The van der Waals surface area contributed by atoms with Crippen molar-refractivity contribution in [1.29, 1.82) is 0 Å². The molecule has 0 fully saturated rings. The van der Waals surface area contributed by atoms with Gasteiger partial charge in [0.05, 0.1) is 0 Å². The van der Waals surface area contributed by atoms with E-state index in [2.05, 4.69) is 59.9 Å². The molecular weight excluding hydrogens is 300 g/mol. The van der Waals surface area contributed by atoms with E-state index in [4.69, 9.17) is 5.73 Å². The van der Waals surface area contributed by atoms with Crippen molar-refractivity contribution in [2.75, 3.05) is 18.5 Å². The first kappa shape index (κ1) is 16.5. The minimum atomic E-state index is 0.254. The van der Waals surface area contributed by atoms with E-state index in [1.165, 1.54) is 30.5 Å². The summed E-state index contributed by atoms with van der Waals surface area (Å²) in [5.74, 6) is 0. The second kappa shape index (κ2) is 8.60. The van der Waals surface area contributed by atoms with Crippen molar-refractivity contribution < 1.29 is 0 Å². The first-order valence-electron chi connectivity index (χ1n) is 7.33. The standard InChI is InChI=1S/C16H27BrN2/c1-4-6-7-10-19(3)16-12-14(17)9-8-13(16)11-15(18)5-2/h8-9,12,15H,4-7,10-11,18H2,1-3H3. The van der Waals surface area contributed by atoms with Crippen LogP contribution in [0.25, 0.3) is 0 Å². The fraction of sp³-hybridized carbons (Fsp3) is 0.625. The Morgan fingerprint density at radius 1 is 1.26 bits per heavy atom. The summed E-state index contributed by atoms with van der Waals surface area (Å²) in [4.78, 5) is 2.36. The topological polar surface area (TPSA) is 29.3 Å². The SMILES string of the molecule is CCCCCN(C)c1cc(Br)ccc1CC(N)CC. The van der Waals surface area contributed by atoms with Crippen molar-refractivity contribution in [2.45, 2.75) is 52.0 Å². The summed E-state index contributed by atoms with van der Waals surface area (Å²) in [5.41, 5.74) is 8.78. The van der Waals surface area contributed by atoms with Crippen LogP contribution in [0, 0.1) is 0 Å². The van der Waals surface area contributed by atoms with Crippen LogP contribution >= 0.6 is 15.9 Å². The van der Waals surface area contributed by atoms with Crippen LogP contribution in [-0.2, 0) is 6.42 Å². The van der Waals surface area contributed by atoms with Gasteiger partial charge in [0.1, 0.15) is 0 Å². The average molecular weight is 327 g/mol. The second-order valence-electron chi connectivity index (χ2n) is 5.27. The Morgan fingerprint density at radius 3 is 2.63 bits per heavy atom. The molecule has 1 atom stereocenters. The molecule has 1 rings (SSSR count). The van der Waals surface area contributed by atoms with Gasteiger partial charge < -0.3 is 10.6 Å². The molecule has 0 bridgehead atoms. The number of nitrogens with zero attached hydrogens (tertiary/aromatic N) is 1. The van der Waals surface area contributed by atoms with Crippen molar-refractivity contribution in [2.24, 2.45) is 5.73 Å². The molecule has 1 unspecified atom stereocenters. The minimum Gasteiger partial charge on any atom is -0.374 e. The highest BCUT2D eigenvalue weighted by Crippen LogP contribution is 2.26. The Morgan fingerprint density at radius 2 is 2.00 bits per heavy atom. The molecule has 0 aromatic heterocycles. The van der Waals surface area contributed by atoms with Crippen molar-refractivity contribution in [3.63, 3.8) is 0 Å². The van der Waals surface area contributed by atoms with E-state index in [1.54, 1.807) is 0 Å². The highest BCUT2D eigenvalue weighted by molar-refractivity contribution is 9.10. The molecule has 2 N–H and O–H groups in total. The molecule has 1 aromatic rings. The van der Waals surface area contributed by atoms with Gasteiger partial charge in [0.15, 0.2) is 0 Å². The van der Waals surface area contributed by atoms with E-state index >= 15 is 0 Å². The van der Waals surface area contributed by atoms with E-state index in [9.17, 15) is 0 Å². The molecule has 0 saturated carbocycles. The smallest absolute Gasteiger partial charge is 0.0408 e. The van der Waals surface area contributed by atoms with Gasteiger partial charge >= 0.3 is 0 Å². The summed E-state index contributed by atoms with van der Waals surface area (Å²) in [5, 5.41) is 0. The molecular formula is C16H27BrN2. The van der Waals surface area contributed by atoms with E-state index in [-0.39, 0.29) is 6.04 Å². The maximum atomic E-state index is 6.10. The molecule has 0 aliphatic rings. The first-order chi connectivity index (χ1) is 9.08. The van der Waals surface area contributed by atoms with Crippen LogP contribution in [0.1, 0.15) is 45.1 Å². The van der Waals surface area contributed by atoms with Crippen molar-refractivity contribution in [1.82, 2.24) is 0 Å². The highest BCUT2D eigenvalue weighted by Gasteiger charge is 2.10. The Labute approximate surface area is 126 Å². The fourth-order valence-electron chi connectivity index (χ4n) is 2.21. The van der Waals surface area contributed by atoms with Gasteiger partial charge in [-0.1, -0.05) is 48.7 Å². The van der Waals surface area contributed by atoms with Crippen LogP contribution in [0.15, 0.2) is 22.7 Å². The zero-order chi connectivity index (χ0) is 14.3. The van der Waals surface area contributed by atoms with Crippen LogP contribution in [0.4, 0.5) is 5.69 Å². The van der Waals surface area contributed by atoms with Crippen molar-refractivity contribution in [3.05, 3.63) is 28.2 Å². The van der Waals surface area contributed by atoms with E-state index in [0.29, 0.717) is 0 Å². The summed E-state index contributed by atoms with van der Waals surface area (Å²) < 4.78 is 1.14. The second-order valence-corrected chi connectivity index (χ2v) is 6.19. The maximum Gasteiger partial charge on any atom is 0.0408 e.